The fourth-order valence-electron chi connectivity index (χ4n) is 2.43. The standard InChI is InChI=1S/C16H25NO2/c1-11-9-17-14(10-19-11)12-6-7-15(18-5)13(8-12)16(2,3)4/h6-8,11,14,17H,9-10H2,1-5H3. The van der Waals surface area contributed by atoms with Crippen molar-refractivity contribution < 1.29 is 9.47 Å². The van der Waals surface area contributed by atoms with Crippen molar-refractivity contribution in [2.75, 3.05) is 20.3 Å². The molecule has 0 saturated carbocycles. The van der Waals surface area contributed by atoms with E-state index in [0.717, 1.165) is 18.9 Å². The van der Waals surface area contributed by atoms with Crippen LogP contribution in [0.5, 0.6) is 5.75 Å². The van der Waals surface area contributed by atoms with E-state index in [0.29, 0.717) is 6.10 Å². The Morgan fingerprint density at radius 3 is 2.58 bits per heavy atom. The van der Waals surface area contributed by atoms with Gasteiger partial charge in [0.15, 0.2) is 0 Å². The maximum atomic E-state index is 5.73. The highest BCUT2D eigenvalue weighted by Crippen LogP contribution is 2.33. The molecule has 1 aromatic carbocycles. The minimum absolute atomic E-state index is 0.0736. The normalized spacial score (nSPS) is 24.3. The van der Waals surface area contributed by atoms with Crippen LogP contribution in [-0.4, -0.2) is 26.4 Å². The fourth-order valence-corrected chi connectivity index (χ4v) is 2.43. The van der Waals surface area contributed by atoms with Crippen LogP contribution < -0.4 is 10.1 Å². The summed E-state index contributed by atoms with van der Waals surface area (Å²) in [7, 11) is 1.73. The lowest BCUT2D eigenvalue weighted by Gasteiger charge is -2.30. The van der Waals surface area contributed by atoms with Gasteiger partial charge in [0.1, 0.15) is 5.75 Å². The predicted octanol–water partition coefficient (Wildman–Crippen LogP) is 3.04. The number of benzene rings is 1. The van der Waals surface area contributed by atoms with E-state index in [1.807, 2.05) is 0 Å². The Labute approximate surface area is 116 Å². The molecule has 19 heavy (non-hydrogen) atoms. The molecule has 1 fully saturated rings. The zero-order chi connectivity index (χ0) is 14.0. The molecule has 1 aliphatic rings. The summed E-state index contributed by atoms with van der Waals surface area (Å²) in [6.45, 7) is 10.4. The van der Waals surface area contributed by atoms with Crippen molar-refractivity contribution >= 4 is 0 Å². The predicted molar refractivity (Wildman–Crippen MR) is 77.9 cm³/mol. The minimum Gasteiger partial charge on any atom is -0.496 e. The lowest BCUT2D eigenvalue weighted by atomic mass is 9.84. The van der Waals surface area contributed by atoms with E-state index < -0.39 is 0 Å². The number of methoxy groups -OCH3 is 1. The van der Waals surface area contributed by atoms with Crippen LogP contribution >= 0.6 is 0 Å². The zero-order valence-electron chi connectivity index (χ0n) is 12.6. The molecule has 3 heteroatoms. The van der Waals surface area contributed by atoms with Crippen molar-refractivity contribution in [3.8, 4) is 5.75 Å². The fraction of sp³-hybridized carbons (Fsp3) is 0.625. The Morgan fingerprint density at radius 1 is 1.32 bits per heavy atom. The summed E-state index contributed by atoms with van der Waals surface area (Å²) in [6, 6.07) is 6.72. The zero-order valence-corrected chi connectivity index (χ0v) is 12.6. The number of hydrogen-bond donors (Lipinski definition) is 1. The smallest absolute Gasteiger partial charge is 0.122 e. The van der Waals surface area contributed by atoms with Crippen LogP contribution in [0.25, 0.3) is 0 Å². The summed E-state index contributed by atoms with van der Waals surface area (Å²) < 4.78 is 11.2. The molecule has 0 amide bonds. The Hall–Kier alpha value is -1.06. The van der Waals surface area contributed by atoms with Gasteiger partial charge in [0.25, 0.3) is 0 Å². The van der Waals surface area contributed by atoms with Crippen molar-refractivity contribution in [1.82, 2.24) is 5.32 Å². The molecular weight excluding hydrogens is 238 g/mol. The van der Waals surface area contributed by atoms with Crippen LogP contribution in [-0.2, 0) is 10.2 Å². The average Bonchev–Trinajstić information content (AvgIpc) is 2.38. The molecule has 2 rings (SSSR count). The van der Waals surface area contributed by atoms with Crippen LogP contribution in [0.15, 0.2) is 18.2 Å². The van der Waals surface area contributed by atoms with E-state index in [4.69, 9.17) is 9.47 Å². The van der Waals surface area contributed by atoms with Gasteiger partial charge in [-0.25, -0.2) is 0 Å². The average molecular weight is 263 g/mol. The molecule has 1 saturated heterocycles. The van der Waals surface area contributed by atoms with Crippen molar-refractivity contribution in [3.05, 3.63) is 29.3 Å². The number of nitrogens with one attached hydrogen (secondary N) is 1. The summed E-state index contributed by atoms with van der Waals surface area (Å²) in [6.07, 6.45) is 0.302. The van der Waals surface area contributed by atoms with E-state index in [9.17, 15) is 0 Å². The van der Waals surface area contributed by atoms with E-state index in [1.54, 1.807) is 7.11 Å². The molecule has 1 heterocycles. The Morgan fingerprint density at radius 2 is 2.05 bits per heavy atom. The molecule has 0 aliphatic carbocycles. The molecule has 0 bridgehead atoms. The van der Waals surface area contributed by atoms with Crippen LogP contribution in [0.3, 0.4) is 0 Å². The van der Waals surface area contributed by atoms with Gasteiger partial charge in [0, 0.05) is 6.54 Å². The highest BCUT2D eigenvalue weighted by atomic mass is 16.5. The van der Waals surface area contributed by atoms with Gasteiger partial charge in [-0.05, 0) is 35.6 Å². The van der Waals surface area contributed by atoms with Crippen molar-refractivity contribution in [3.63, 3.8) is 0 Å². The molecular formula is C16H25NO2. The van der Waals surface area contributed by atoms with Gasteiger partial charge in [0.2, 0.25) is 0 Å². The molecule has 2 atom stereocenters. The quantitative estimate of drug-likeness (QED) is 0.889. The third-order valence-electron chi connectivity index (χ3n) is 3.63. The minimum atomic E-state index is 0.0736. The van der Waals surface area contributed by atoms with Gasteiger partial charge in [-0.1, -0.05) is 26.8 Å². The number of ether oxygens (including phenoxy) is 2. The molecule has 1 aromatic rings. The Kier molecular flexibility index (Phi) is 4.16. The number of rotatable bonds is 2. The molecule has 0 spiro atoms. The first kappa shape index (κ1) is 14.4. The summed E-state index contributed by atoms with van der Waals surface area (Å²) in [4.78, 5) is 0. The first-order chi connectivity index (χ1) is 8.91. The highest BCUT2D eigenvalue weighted by Gasteiger charge is 2.23. The number of hydrogen-bond acceptors (Lipinski definition) is 3. The second kappa shape index (κ2) is 5.51. The van der Waals surface area contributed by atoms with Gasteiger partial charge in [-0.3, -0.25) is 0 Å². The number of morpholine rings is 1. The van der Waals surface area contributed by atoms with Crippen LogP contribution in [0.1, 0.15) is 44.9 Å². The SMILES string of the molecule is COc1ccc(C2COC(C)CN2)cc1C(C)(C)C. The summed E-state index contributed by atoms with van der Waals surface area (Å²) >= 11 is 0. The molecule has 1 aliphatic heterocycles. The first-order valence-corrected chi connectivity index (χ1v) is 6.95. The van der Waals surface area contributed by atoms with Crippen LogP contribution in [0.4, 0.5) is 0 Å². The lowest BCUT2D eigenvalue weighted by Crippen LogP contribution is -2.39. The topological polar surface area (TPSA) is 30.5 Å². The van der Waals surface area contributed by atoms with Crippen molar-refractivity contribution in [2.45, 2.75) is 45.3 Å². The van der Waals surface area contributed by atoms with Crippen molar-refractivity contribution in [2.24, 2.45) is 0 Å². The first-order valence-electron chi connectivity index (χ1n) is 6.95. The second-order valence-electron chi connectivity index (χ2n) is 6.31. The second-order valence-corrected chi connectivity index (χ2v) is 6.31. The van der Waals surface area contributed by atoms with E-state index in [2.05, 4.69) is 51.2 Å². The molecule has 106 valence electrons. The molecule has 2 unspecified atom stereocenters. The largest absolute Gasteiger partial charge is 0.496 e. The van der Waals surface area contributed by atoms with Crippen LogP contribution in [0, 0.1) is 0 Å². The maximum absolute atomic E-state index is 5.73. The Balaban J connectivity index is 2.28. The van der Waals surface area contributed by atoms with Gasteiger partial charge in [0.05, 0.1) is 25.9 Å². The van der Waals surface area contributed by atoms with E-state index in [-0.39, 0.29) is 11.5 Å². The molecule has 1 N–H and O–H groups in total. The summed E-state index contributed by atoms with van der Waals surface area (Å²) in [5.41, 5.74) is 2.59. The van der Waals surface area contributed by atoms with Gasteiger partial charge in [-0.15, -0.1) is 0 Å². The van der Waals surface area contributed by atoms with Gasteiger partial charge in [-0.2, -0.15) is 0 Å². The van der Waals surface area contributed by atoms with Gasteiger partial charge >= 0.3 is 0 Å². The maximum Gasteiger partial charge on any atom is 0.122 e. The van der Waals surface area contributed by atoms with Gasteiger partial charge < -0.3 is 14.8 Å². The summed E-state index contributed by atoms with van der Waals surface area (Å²) in [5, 5.41) is 3.54. The van der Waals surface area contributed by atoms with Crippen LogP contribution in [0.2, 0.25) is 0 Å². The monoisotopic (exact) mass is 263 g/mol. The Bertz CT molecular complexity index is 429. The van der Waals surface area contributed by atoms with Crippen molar-refractivity contribution in [1.29, 1.82) is 0 Å². The third-order valence-corrected chi connectivity index (χ3v) is 3.63. The van der Waals surface area contributed by atoms with E-state index in [1.165, 1.54) is 11.1 Å². The molecule has 0 radical (unpaired) electrons. The molecule has 0 aromatic heterocycles. The molecule has 3 nitrogen and oxygen atoms in total. The highest BCUT2D eigenvalue weighted by molar-refractivity contribution is 5.42. The lowest BCUT2D eigenvalue weighted by molar-refractivity contribution is 0.0149. The third kappa shape index (κ3) is 3.28. The van der Waals surface area contributed by atoms with E-state index >= 15 is 0 Å². The summed E-state index contributed by atoms with van der Waals surface area (Å²) in [5.74, 6) is 0.960.